The fraction of sp³-hybridized carbons (Fsp3) is 0.462. The number of carbonyl (C=O) groups is 3. The standard InChI is InChI=1S/C13H18N4O3S/c14-9(8-11(15)18)12(19)16-3-5-17(6-4-16)13(20)10-2-1-7-21-10/h1-2,7,9H,3-6,8,14H2,(H2,15,18). The second kappa shape index (κ2) is 6.68. The van der Waals surface area contributed by atoms with Gasteiger partial charge in [-0.2, -0.15) is 0 Å². The highest BCUT2D eigenvalue weighted by molar-refractivity contribution is 7.12. The molecule has 4 N–H and O–H groups in total. The van der Waals surface area contributed by atoms with Gasteiger partial charge in [0.25, 0.3) is 5.91 Å². The van der Waals surface area contributed by atoms with Crippen LogP contribution in [0, 0.1) is 0 Å². The van der Waals surface area contributed by atoms with Crippen LogP contribution in [0.4, 0.5) is 0 Å². The molecular formula is C13H18N4O3S. The Hall–Kier alpha value is -1.93. The van der Waals surface area contributed by atoms with Crippen molar-refractivity contribution in [2.75, 3.05) is 26.2 Å². The Labute approximate surface area is 126 Å². The predicted molar refractivity (Wildman–Crippen MR) is 78.6 cm³/mol. The lowest BCUT2D eigenvalue weighted by Crippen LogP contribution is -2.54. The lowest BCUT2D eigenvalue weighted by molar-refractivity contribution is -0.135. The van der Waals surface area contributed by atoms with Crippen LogP contribution in [0.5, 0.6) is 0 Å². The minimum atomic E-state index is -0.901. The SMILES string of the molecule is NC(=O)CC(N)C(=O)N1CCN(C(=O)c2cccs2)CC1. The van der Waals surface area contributed by atoms with E-state index in [1.54, 1.807) is 15.9 Å². The number of carbonyl (C=O) groups excluding carboxylic acids is 3. The fourth-order valence-corrected chi connectivity index (χ4v) is 2.92. The number of primary amides is 1. The minimum absolute atomic E-state index is 0.0152. The van der Waals surface area contributed by atoms with Crippen LogP contribution in [0.2, 0.25) is 0 Å². The smallest absolute Gasteiger partial charge is 0.264 e. The molecule has 2 heterocycles. The lowest BCUT2D eigenvalue weighted by Gasteiger charge is -2.35. The van der Waals surface area contributed by atoms with Crippen molar-refractivity contribution in [2.45, 2.75) is 12.5 Å². The molecule has 7 nitrogen and oxygen atoms in total. The van der Waals surface area contributed by atoms with Crippen LogP contribution in [-0.2, 0) is 9.59 Å². The molecule has 3 amide bonds. The first kappa shape index (κ1) is 15.5. The largest absolute Gasteiger partial charge is 0.370 e. The molecule has 1 aromatic rings. The van der Waals surface area contributed by atoms with E-state index in [2.05, 4.69) is 0 Å². The van der Waals surface area contributed by atoms with Gasteiger partial charge in [0.2, 0.25) is 11.8 Å². The van der Waals surface area contributed by atoms with E-state index >= 15 is 0 Å². The van der Waals surface area contributed by atoms with Crippen molar-refractivity contribution in [3.8, 4) is 0 Å². The molecule has 114 valence electrons. The number of amides is 3. The van der Waals surface area contributed by atoms with Gasteiger partial charge in [-0.05, 0) is 11.4 Å². The number of thiophene rings is 1. The summed E-state index contributed by atoms with van der Waals surface area (Å²) < 4.78 is 0. The Balaban J connectivity index is 1.87. The first-order valence-corrected chi connectivity index (χ1v) is 7.52. The number of piperazine rings is 1. The molecule has 0 aliphatic carbocycles. The maximum atomic E-state index is 12.2. The Kier molecular flexibility index (Phi) is 4.92. The van der Waals surface area contributed by atoms with Crippen LogP contribution in [0.1, 0.15) is 16.1 Å². The maximum Gasteiger partial charge on any atom is 0.264 e. The summed E-state index contributed by atoms with van der Waals surface area (Å²) >= 11 is 1.40. The van der Waals surface area contributed by atoms with Gasteiger partial charge >= 0.3 is 0 Å². The topological polar surface area (TPSA) is 110 Å². The molecule has 2 rings (SSSR count). The van der Waals surface area contributed by atoms with E-state index in [0.717, 1.165) is 0 Å². The van der Waals surface area contributed by atoms with Crippen LogP contribution in [0.25, 0.3) is 0 Å². The molecule has 0 aromatic carbocycles. The first-order chi connectivity index (χ1) is 9.99. The van der Waals surface area contributed by atoms with Gasteiger partial charge in [-0.1, -0.05) is 6.07 Å². The van der Waals surface area contributed by atoms with Crippen molar-refractivity contribution in [2.24, 2.45) is 11.5 Å². The summed E-state index contributed by atoms with van der Waals surface area (Å²) in [5, 5.41) is 1.86. The zero-order valence-corrected chi connectivity index (χ0v) is 12.3. The quantitative estimate of drug-likeness (QED) is 0.761. The highest BCUT2D eigenvalue weighted by atomic mass is 32.1. The number of nitrogens with zero attached hydrogens (tertiary/aromatic N) is 2. The first-order valence-electron chi connectivity index (χ1n) is 6.64. The summed E-state index contributed by atoms with van der Waals surface area (Å²) in [5.41, 5.74) is 10.7. The molecule has 1 atom stereocenters. The van der Waals surface area contributed by atoms with Crippen molar-refractivity contribution >= 4 is 29.1 Å². The average molecular weight is 310 g/mol. The van der Waals surface area contributed by atoms with E-state index < -0.39 is 11.9 Å². The molecule has 21 heavy (non-hydrogen) atoms. The third kappa shape index (κ3) is 3.79. The number of hydrogen-bond acceptors (Lipinski definition) is 5. The second-order valence-electron chi connectivity index (χ2n) is 4.87. The lowest BCUT2D eigenvalue weighted by atomic mass is 10.1. The van der Waals surface area contributed by atoms with Crippen LogP contribution >= 0.6 is 11.3 Å². The summed E-state index contributed by atoms with van der Waals surface area (Å²) in [6.07, 6.45) is -0.160. The van der Waals surface area contributed by atoms with Gasteiger partial charge in [-0.3, -0.25) is 14.4 Å². The summed E-state index contributed by atoms with van der Waals surface area (Å²) in [6.45, 7) is 1.77. The van der Waals surface area contributed by atoms with Crippen molar-refractivity contribution in [1.29, 1.82) is 0 Å². The molecule has 0 spiro atoms. The maximum absolute atomic E-state index is 12.2. The van der Waals surface area contributed by atoms with Crippen molar-refractivity contribution in [3.63, 3.8) is 0 Å². The van der Waals surface area contributed by atoms with E-state index in [9.17, 15) is 14.4 Å². The van der Waals surface area contributed by atoms with Crippen LogP contribution in [0.15, 0.2) is 17.5 Å². The van der Waals surface area contributed by atoms with Crippen molar-refractivity contribution in [3.05, 3.63) is 22.4 Å². The molecule has 1 aliphatic rings. The van der Waals surface area contributed by atoms with Gasteiger partial charge in [0.05, 0.1) is 17.3 Å². The van der Waals surface area contributed by atoms with E-state index in [1.807, 2.05) is 11.4 Å². The third-order valence-electron chi connectivity index (χ3n) is 3.35. The summed E-state index contributed by atoms with van der Waals surface area (Å²) in [4.78, 5) is 39.0. The van der Waals surface area contributed by atoms with Gasteiger partial charge in [0.1, 0.15) is 0 Å². The van der Waals surface area contributed by atoms with Gasteiger partial charge < -0.3 is 21.3 Å². The summed E-state index contributed by atoms with van der Waals surface area (Å²) in [6, 6.07) is 2.72. The van der Waals surface area contributed by atoms with Crippen LogP contribution in [-0.4, -0.2) is 59.7 Å². The highest BCUT2D eigenvalue weighted by Gasteiger charge is 2.28. The summed E-state index contributed by atoms with van der Waals surface area (Å²) in [5.74, 6) is -0.905. The molecule has 1 aliphatic heterocycles. The molecule has 8 heteroatoms. The van der Waals surface area contributed by atoms with E-state index in [1.165, 1.54) is 11.3 Å². The van der Waals surface area contributed by atoms with Gasteiger partial charge in [-0.15, -0.1) is 11.3 Å². The number of hydrogen-bond donors (Lipinski definition) is 2. The average Bonchev–Trinajstić information content (AvgIpc) is 2.99. The Morgan fingerprint density at radius 2 is 1.81 bits per heavy atom. The molecular weight excluding hydrogens is 292 g/mol. The van der Waals surface area contributed by atoms with Crippen molar-refractivity contribution in [1.82, 2.24) is 9.80 Å². The van der Waals surface area contributed by atoms with Crippen molar-refractivity contribution < 1.29 is 14.4 Å². The van der Waals surface area contributed by atoms with Crippen LogP contribution < -0.4 is 11.5 Å². The monoisotopic (exact) mass is 310 g/mol. The van der Waals surface area contributed by atoms with E-state index in [-0.39, 0.29) is 18.2 Å². The molecule has 1 saturated heterocycles. The number of rotatable bonds is 4. The molecule has 0 saturated carbocycles. The molecule has 1 fully saturated rings. The normalized spacial score (nSPS) is 16.6. The Bertz CT molecular complexity index is 524. The zero-order valence-electron chi connectivity index (χ0n) is 11.5. The number of nitrogens with two attached hydrogens (primary N) is 2. The predicted octanol–water partition coefficient (Wildman–Crippen LogP) is -0.765. The van der Waals surface area contributed by atoms with Gasteiger partial charge in [0, 0.05) is 26.2 Å². The summed E-state index contributed by atoms with van der Waals surface area (Å²) in [7, 11) is 0. The Morgan fingerprint density at radius 1 is 1.19 bits per heavy atom. The van der Waals surface area contributed by atoms with E-state index in [4.69, 9.17) is 11.5 Å². The third-order valence-corrected chi connectivity index (χ3v) is 4.21. The highest BCUT2D eigenvalue weighted by Crippen LogP contribution is 2.14. The Morgan fingerprint density at radius 3 is 2.33 bits per heavy atom. The van der Waals surface area contributed by atoms with Gasteiger partial charge in [-0.25, -0.2) is 0 Å². The van der Waals surface area contributed by atoms with E-state index in [0.29, 0.717) is 31.1 Å². The second-order valence-corrected chi connectivity index (χ2v) is 5.82. The molecule has 0 bridgehead atoms. The fourth-order valence-electron chi connectivity index (χ4n) is 2.22. The zero-order chi connectivity index (χ0) is 15.4. The molecule has 0 radical (unpaired) electrons. The minimum Gasteiger partial charge on any atom is -0.370 e. The van der Waals surface area contributed by atoms with Crippen LogP contribution in [0.3, 0.4) is 0 Å². The molecule has 1 aromatic heterocycles. The molecule has 1 unspecified atom stereocenters. The van der Waals surface area contributed by atoms with Gasteiger partial charge in [0.15, 0.2) is 0 Å².